The van der Waals surface area contributed by atoms with Crippen LogP contribution < -0.4 is 4.74 Å². The summed E-state index contributed by atoms with van der Waals surface area (Å²) in [6.07, 6.45) is 1.13. The highest BCUT2D eigenvalue weighted by atomic mass is 16.5. The van der Waals surface area contributed by atoms with Gasteiger partial charge in [-0.3, -0.25) is 4.90 Å². The standard InChI is InChI=1S/C21H25NO3/c1-13-4-3-5-14(10-13)17-12-22-9-8-16-15(18(22)11-19(17)23)6-7-20(25-2)21(16)24/h3-7,10,17-19,23-24H,8-9,11-12H2,1-2H3/t17-,18+,19?/m1/s1. The molecule has 1 unspecified atom stereocenters. The van der Waals surface area contributed by atoms with Gasteiger partial charge < -0.3 is 14.9 Å². The zero-order valence-electron chi connectivity index (χ0n) is 14.8. The van der Waals surface area contributed by atoms with Gasteiger partial charge in [0.2, 0.25) is 0 Å². The summed E-state index contributed by atoms with van der Waals surface area (Å²) in [5.74, 6) is 0.931. The van der Waals surface area contributed by atoms with E-state index < -0.39 is 0 Å². The number of hydrogen-bond donors (Lipinski definition) is 2. The third-order valence-electron chi connectivity index (χ3n) is 5.78. The van der Waals surface area contributed by atoms with Crippen LogP contribution in [0.5, 0.6) is 11.5 Å². The van der Waals surface area contributed by atoms with Crippen LogP contribution in [-0.2, 0) is 6.42 Å². The monoisotopic (exact) mass is 339 g/mol. The second-order valence-corrected chi connectivity index (χ2v) is 7.27. The summed E-state index contributed by atoms with van der Waals surface area (Å²) in [6.45, 7) is 3.84. The maximum Gasteiger partial charge on any atom is 0.161 e. The number of phenols is 1. The number of aromatic hydroxyl groups is 1. The Morgan fingerprint density at radius 3 is 2.80 bits per heavy atom. The fraction of sp³-hybridized carbons (Fsp3) is 0.429. The topological polar surface area (TPSA) is 52.9 Å². The van der Waals surface area contributed by atoms with Crippen LogP contribution in [0.3, 0.4) is 0 Å². The minimum absolute atomic E-state index is 0.143. The molecule has 2 aliphatic rings. The molecule has 2 aliphatic heterocycles. The number of phenolic OH excluding ortho intramolecular Hbond substituents is 1. The van der Waals surface area contributed by atoms with Gasteiger partial charge in [-0.05, 0) is 37.0 Å². The van der Waals surface area contributed by atoms with Gasteiger partial charge >= 0.3 is 0 Å². The second kappa shape index (κ2) is 6.36. The number of aryl methyl sites for hydroxylation is 1. The summed E-state index contributed by atoms with van der Waals surface area (Å²) in [6, 6.07) is 12.5. The average Bonchev–Trinajstić information content (AvgIpc) is 2.61. The number of benzene rings is 2. The van der Waals surface area contributed by atoms with E-state index in [2.05, 4.69) is 36.1 Å². The van der Waals surface area contributed by atoms with Gasteiger partial charge in [0.15, 0.2) is 11.5 Å². The van der Waals surface area contributed by atoms with E-state index in [1.165, 1.54) is 11.1 Å². The summed E-state index contributed by atoms with van der Waals surface area (Å²) in [5.41, 5.74) is 4.55. The van der Waals surface area contributed by atoms with E-state index in [0.29, 0.717) is 12.2 Å². The summed E-state index contributed by atoms with van der Waals surface area (Å²) >= 11 is 0. The number of aliphatic hydroxyl groups excluding tert-OH is 1. The van der Waals surface area contributed by atoms with Crippen LogP contribution in [0.4, 0.5) is 0 Å². The van der Waals surface area contributed by atoms with Gasteiger partial charge in [0.1, 0.15) is 0 Å². The van der Waals surface area contributed by atoms with E-state index >= 15 is 0 Å². The molecule has 4 rings (SSSR count). The zero-order valence-corrected chi connectivity index (χ0v) is 14.8. The van der Waals surface area contributed by atoms with Crippen molar-refractivity contribution in [3.05, 3.63) is 58.7 Å². The van der Waals surface area contributed by atoms with Gasteiger partial charge in [0.25, 0.3) is 0 Å². The highest BCUT2D eigenvalue weighted by Crippen LogP contribution is 2.45. The molecule has 2 aromatic rings. The van der Waals surface area contributed by atoms with Crippen LogP contribution in [-0.4, -0.2) is 41.4 Å². The molecule has 1 fully saturated rings. The first kappa shape index (κ1) is 16.4. The van der Waals surface area contributed by atoms with E-state index in [0.717, 1.165) is 30.6 Å². The van der Waals surface area contributed by atoms with Crippen molar-refractivity contribution in [1.29, 1.82) is 0 Å². The minimum atomic E-state index is -0.377. The molecule has 2 heterocycles. The Hall–Kier alpha value is -2.04. The number of aliphatic hydroxyl groups is 1. The smallest absolute Gasteiger partial charge is 0.161 e. The highest BCUT2D eigenvalue weighted by molar-refractivity contribution is 5.52. The van der Waals surface area contributed by atoms with Crippen molar-refractivity contribution in [3.8, 4) is 11.5 Å². The Morgan fingerprint density at radius 2 is 2.04 bits per heavy atom. The van der Waals surface area contributed by atoms with Crippen LogP contribution in [0.1, 0.15) is 40.6 Å². The van der Waals surface area contributed by atoms with Gasteiger partial charge in [-0.25, -0.2) is 0 Å². The van der Waals surface area contributed by atoms with E-state index in [9.17, 15) is 10.2 Å². The van der Waals surface area contributed by atoms with Crippen molar-refractivity contribution < 1.29 is 14.9 Å². The number of fused-ring (bicyclic) bond motifs is 3. The van der Waals surface area contributed by atoms with E-state index in [4.69, 9.17) is 4.74 Å². The zero-order chi connectivity index (χ0) is 17.6. The lowest BCUT2D eigenvalue weighted by atomic mass is 9.79. The fourth-order valence-corrected chi connectivity index (χ4v) is 4.47. The third-order valence-corrected chi connectivity index (χ3v) is 5.78. The summed E-state index contributed by atoms with van der Waals surface area (Å²) in [7, 11) is 1.58. The van der Waals surface area contributed by atoms with Gasteiger partial charge in [0.05, 0.1) is 13.2 Å². The first-order valence-electron chi connectivity index (χ1n) is 8.96. The Labute approximate surface area is 148 Å². The first-order chi connectivity index (χ1) is 12.1. The average molecular weight is 339 g/mol. The SMILES string of the molecule is COc1ccc2c(c1O)CCN1C[C@H](c3cccc(C)c3)C(O)C[C@@H]21. The Morgan fingerprint density at radius 1 is 1.20 bits per heavy atom. The summed E-state index contributed by atoms with van der Waals surface area (Å²) < 4.78 is 5.24. The number of piperidine rings is 1. The largest absolute Gasteiger partial charge is 0.504 e. The molecule has 4 heteroatoms. The molecule has 0 radical (unpaired) electrons. The Kier molecular flexibility index (Phi) is 4.18. The molecular weight excluding hydrogens is 314 g/mol. The number of ether oxygens (including phenoxy) is 1. The lowest BCUT2D eigenvalue weighted by Gasteiger charge is -2.46. The van der Waals surface area contributed by atoms with E-state index in [1.54, 1.807) is 7.11 Å². The lowest BCUT2D eigenvalue weighted by molar-refractivity contribution is 0.0165. The Bertz CT molecular complexity index is 789. The Balaban J connectivity index is 1.64. The van der Waals surface area contributed by atoms with Crippen molar-refractivity contribution >= 4 is 0 Å². The quantitative estimate of drug-likeness (QED) is 0.882. The molecule has 2 N–H and O–H groups in total. The molecule has 0 bridgehead atoms. The minimum Gasteiger partial charge on any atom is -0.504 e. The van der Waals surface area contributed by atoms with Gasteiger partial charge in [-0.15, -0.1) is 0 Å². The van der Waals surface area contributed by atoms with Crippen molar-refractivity contribution in [1.82, 2.24) is 4.90 Å². The second-order valence-electron chi connectivity index (χ2n) is 7.27. The van der Waals surface area contributed by atoms with Gasteiger partial charge in [0, 0.05) is 30.6 Å². The molecule has 1 saturated heterocycles. The van der Waals surface area contributed by atoms with Crippen LogP contribution in [0.2, 0.25) is 0 Å². The molecule has 132 valence electrons. The predicted octanol–water partition coefficient (Wildman–Crippen LogP) is 3.16. The van der Waals surface area contributed by atoms with Crippen LogP contribution in [0.15, 0.2) is 36.4 Å². The molecule has 2 aromatic carbocycles. The van der Waals surface area contributed by atoms with Gasteiger partial charge in [-0.1, -0.05) is 35.9 Å². The molecule has 0 aliphatic carbocycles. The highest BCUT2D eigenvalue weighted by Gasteiger charge is 2.39. The predicted molar refractivity (Wildman–Crippen MR) is 97.2 cm³/mol. The van der Waals surface area contributed by atoms with E-state index in [1.807, 2.05) is 12.1 Å². The maximum absolute atomic E-state index is 10.8. The molecule has 0 amide bonds. The lowest BCUT2D eigenvalue weighted by Crippen LogP contribution is -2.47. The first-order valence-corrected chi connectivity index (χ1v) is 8.96. The number of rotatable bonds is 2. The van der Waals surface area contributed by atoms with E-state index in [-0.39, 0.29) is 23.8 Å². The van der Waals surface area contributed by atoms with Crippen molar-refractivity contribution in [3.63, 3.8) is 0 Å². The normalized spacial score (nSPS) is 26.0. The summed E-state index contributed by atoms with van der Waals surface area (Å²) in [4.78, 5) is 2.45. The van der Waals surface area contributed by atoms with Crippen LogP contribution in [0.25, 0.3) is 0 Å². The molecule has 4 nitrogen and oxygen atoms in total. The molecule has 3 atom stereocenters. The van der Waals surface area contributed by atoms with Crippen LogP contribution >= 0.6 is 0 Å². The number of hydrogen-bond acceptors (Lipinski definition) is 4. The molecule has 0 spiro atoms. The number of methoxy groups -OCH3 is 1. The molecule has 0 aromatic heterocycles. The maximum atomic E-state index is 10.8. The molecule has 0 saturated carbocycles. The molecule has 25 heavy (non-hydrogen) atoms. The fourth-order valence-electron chi connectivity index (χ4n) is 4.47. The summed E-state index contributed by atoms with van der Waals surface area (Å²) in [5, 5.41) is 21.3. The van der Waals surface area contributed by atoms with Crippen LogP contribution in [0, 0.1) is 6.92 Å². The molecular formula is C21H25NO3. The van der Waals surface area contributed by atoms with Crippen molar-refractivity contribution in [2.24, 2.45) is 0 Å². The third kappa shape index (κ3) is 2.79. The van der Waals surface area contributed by atoms with Crippen molar-refractivity contribution in [2.45, 2.75) is 37.8 Å². The number of nitrogens with zero attached hydrogens (tertiary/aromatic N) is 1. The van der Waals surface area contributed by atoms with Crippen molar-refractivity contribution in [2.75, 3.05) is 20.2 Å². The van der Waals surface area contributed by atoms with Gasteiger partial charge in [-0.2, -0.15) is 0 Å².